The summed E-state index contributed by atoms with van der Waals surface area (Å²) in [6.45, 7) is 4.67. The van der Waals surface area contributed by atoms with Crippen LogP contribution in [0.15, 0.2) is 72.8 Å². The van der Waals surface area contributed by atoms with Crippen LogP contribution in [-0.4, -0.2) is 35.6 Å². The molecule has 1 amide bonds. The van der Waals surface area contributed by atoms with Crippen LogP contribution in [0.1, 0.15) is 56.4 Å². The molecule has 1 fully saturated rings. The quantitative estimate of drug-likeness (QED) is 0.352. The van der Waals surface area contributed by atoms with Gasteiger partial charge in [0.25, 0.3) is 5.91 Å². The van der Waals surface area contributed by atoms with Crippen LogP contribution >= 0.6 is 0 Å². The van der Waals surface area contributed by atoms with Crippen molar-refractivity contribution in [2.24, 2.45) is 5.92 Å². The third kappa shape index (κ3) is 5.83. The summed E-state index contributed by atoms with van der Waals surface area (Å²) in [5, 5.41) is 0. The van der Waals surface area contributed by atoms with Crippen molar-refractivity contribution in [1.29, 1.82) is 0 Å². The summed E-state index contributed by atoms with van der Waals surface area (Å²) < 4.78 is 19.0. The number of piperidine rings is 1. The molecule has 1 unspecified atom stereocenters. The molecule has 1 aliphatic rings. The molecule has 0 N–H and O–H groups in total. The SMILES string of the molecule is Cc1ccc(C(=O)C(OC(=O)C2CCN(C(=O)c3ccc(F)cc3)CC2)c2ccc(C)cc2)cc1. The average Bonchev–Trinajstić information content (AvgIpc) is 2.88. The van der Waals surface area contributed by atoms with Crippen LogP contribution in [0.4, 0.5) is 4.39 Å². The number of nitrogens with zero attached hydrogens (tertiary/aromatic N) is 1. The Labute approximate surface area is 204 Å². The summed E-state index contributed by atoms with van der Waals surface area (Å²) in [5.74, 6) is -1.71. The third-order valence-electron chi connectivity index (χ3n) is 6.39. The van der Waals surface area contributed by atoms with Crippen molar-refractivity contribution >= 4 is 17.7 Å². The molecule has 4 rings (SSSR count). The van der Waals surface area contributed by atoms with Gasteiger partial charge in [0.2, 0.25) is 5.78 Å². The molecule has 1 atom stereocenters. The number of aryl methyl sites for hydroxylation is 2. The fourth-order valence-corrected chi connectivity index (χ4v) is 4.19. The summed E-state index contributed by atoms with van der Waals surface area (Å²) in [7, 11) is 0. The summed E-state index contributed by atoms with van der Waals surface area (Å²) in [5.41, 5.74) is 3.59. The summed E-state index contributed by atoms with van der Waals surface area (Å²) >= 11 is 0. The van der Waals surface area contributed by atoms with E-state index in [1.54, 1.807) is 17.0 Å². The predicted octanol–water partition coefficient (Wildman–Crippen LogP) is 5.46. The van der Waals surface area contributed by atoms with Gasteiger partial charge in [0, 0.05) is 29.8 Å². The normalized spacial score (nSPS) is 14.9. The Balaban J connectivity index is 1.44. The summed E-state index contributed by atoms with van der Waals surface area (Å²) in [6.07, 6.45) is -0.166. The van der Waals surface area contributed by atoms with Crippen molar-refractivity contribution in [1.82, 2.24) is 4.90 Å². The summed E-state index contributed by atoms with van der Waals surface area (Å²) in [6, 6.07) is 20.0. The number of ether oxygens (including phenoxy) is 1. The van der Waals surface area contributed by atoms with E-state index >= 15 is 0 Å². The Morgan fingerprint density at radius 1 is 0.800 bits per heavy atom. The van der Waals surface area contributed by atoms with Crippen LogP contribution in [0.5, 0.6) is 0 Å². The van der Waals surface area contributed by atoms with E-state index in [0.717, 1.165) is 11.1 Å². The molecule has 35 heavy (non-hydrogen) atoms. The molecule has 0 spiro atoms. The van der Waals surface area contributed by atoms with Crippen molar-refractivity contribution in [3.8, 4) is 0 Å². The Bertz CT molecular complexity index is 1190. The zero-order chi connectivity index (χ0) is 24.9. The minimum atomic E-state index is -1.04. The lowest BCUT2D eigenvalue weighted by atomic mass is 9.95. The van der Waals surface area contributed by atoms with E-state index in [1.807, 2.05) is 50.2 Å². The lowest BCUT2D eigenvalue weighted by Gasteiger charge is -2.31. The molecule has 0 radical (unpaired) electrons. The number of hydrogen-bond acceptors (Lipinski definition) is 4. The number of rotatable bonds is 6. The lowest BCUT2D eigenvalue weighted by Crippen LogP contribution is -2.41. The number of halogens is 1. The van der Waals surface area contributed by atoms with Crippen molar-refractivity contribution in [3.63, 3.8) is 0 Å². The predicted molar refractivity (Wildman–Crippen MR) is 131 cm³/mol. The van der Waals surface area contributed by atoms with E-state index in [1.165, 1.54) is 24.3 Å². The molecule has 1 saturated heterocycles. The molecule has 3 aromatic rings. The second-order valence-corrected chi connectivity index (χ2v) is 9.03. The molecule has 0 aliphatic carbocycles. The third-order valence-corrected chi connectivity index (χ3v) is 6.39. The van der Waals surface area contributed by atoms with Crippen molar-refractivity contribution in [2.45, 2.75) is 32.8 Å². The van der Waals surface area contributed by atoms with Gasteiger partial charge in [0.1, 0.15) is 5.82 Å². The minimum Gasteiger partial charge on any atom is -0.449 e. The fraction of sp³-hybridized carbons (Fsp3) is 0.276. The number of hydrogen-bond donors (Lipinski definition) is 0. The molecule has 0 bridgehead atoms. The smallest absolute Gasteiger partial charge is 0.310 e. The van der Waals surface area contributed by atoms with Crippen LogP contribution in [0.3, 0.4) is 0 Å². The second kappa shape index (κ2) is 10.6. The van der Waals surface area contributed by atoms with Gasteiger partial charge in [-0.2, -0.15) is 0 Å². The first-order valence-corrected chi connectivity index (χ1v) is 11.7. The Hall–Kier alpha value is -3.80. The van der Waals surface area contributed by atoms with E-state index < -0.39 is 23.8 Å². The van der Waals surface area contributed by atoms with Crippen LogP contribution in [-0.2, 0) is 9.53 Å². The highest BCUT2D eigenvalue weighted by molar-refractivity contribution is 6.01. The Morgan fingerprint density at radius 3 is 1.89 bits per heavy atom. The number of carbonyl (C=O) groups is 3. The van der Waals surface area contributed by atoms with E-state index in [-0.39, 0.29) is 11.7 Å². The zero-order valence-corrected chi connectivity index (χ0v) is 19.9. The zero-order valence-electron chi connectivity index (χ0n) is 19.9. The van der Waals surface area contributed by atoms with E-state index in [0.29, 0.717) is 42.6 Å². The standard InChI is InChI=1S/C29H28FNO4/c1-19-3-7-21(8-4-19)26(32)27(22-9-5-20(2)6-10-22)35-29(34)24-15-17-31(18-16-24)28(33)23-11-13-25(30)14-12-23/h3-14,24,27H,15-18H2,1-2H3. The molecule has 5 nitrogen and oxygen atoms in total. The fourth-order valence-electron chi connectivity index (χ4n) is 4.19. The van der Waals surface area contributed by atoms with Crippen LogP contribution in [0.25, 0.3) is 0 Å². The molecule has 3 aromatic carbocycles. The molecule has 0 saturated carbocycles. The van der Waals surface area contributed by atoms with Gasteiger partial charge in [-0.15, -0.1) is 0 Å². The monoisotopic (exact) mass is 473 g/mol. The number of likely N-dealkylation sites (tertiary alicyclic amines) is 1. The van der Waals surface area contributed by atoms with E-state index in [2.05, 4.69) is 0 Å². The second-order valence-electron chi connectivity index (χ2n) is 9.03. The number of amides is 1. The highest BCUT2D eigenvalue weighted by atomic mass is 19.1. The van der Waals surface area contributed by atoms with Crippen molar-refractivity contribution < 1.29 is 23.5 Å². The first kappa shape index (κ1) is 24.3. The molecule has 180 valence electrons. The number of benzene rings is 3. The largest absolute Gasteiger partial charge is 0.449 e. The molecular formula is C29H28FNO4. The molecular weight excluding hydrogens is 445 g/mol. The van der Waals surface area contributed by atoms with Crippen molar-refractivity contribution in [2.75, 3.05) is 13.1 Å². The van der Waals surface area contributed by atoms with Gasteiger partial charge in [-0.25, -0.2) is 4.39 Å². The number of ketones is 1. The maximum atomic E-state index is 13.3. The van der Waals surface area contributed by atoms with E-state index in [4.69, 9.17) is 4.74 Å². The maximum Gasteiger partial charge on any atom is 0.310 e. The minimum absolute atomic E-state index is 0.191. The molecule has 0 aromatic heterocycles. The highest BCUT2D eigenvalue weighted by Crippen LogP contribution is 2.28. The van der Waals surface area contributed by atoms with Crippen molar-refractivity contribution in [3.05, 3.63) is 106 Å². The Morgan fingerprint density at radius 2 is 1.31 bits per heavy atom. The lowest BCUT2D eigenvalue weighted by molar-refractivity contribution is -0.153. The van der Waals surface area contributed by atoms with Gasteiger partial charge >= 0.3 is 5.97 Å². The molecule has 1 aliphatic heterocycles. The van der Waals surface area contributed by atoms with Gasteiger partial charge in [-0.05, 0) is 51.0 Å². The van der Waals surface area contributed by atoms with E-state index in [9.17, 15) is 18.8 Å². The molecule has 6 heteroatoms. The van der Waals surface area contributed by atoms with Gasteiger partial charge in [-0.3, -0.25) is 14.4 Å². The first-order valence-electron chi connectivity index (χ1n) is 11.7. The Kier molecular flexibility index (Phi) is 7.39. The van der Waals surface area contributed by atoms with Crippen LogP contribution < -0.4 is 0 Å². The molecule has 1 heterocycles. The number of carbonyl (C=O) groups excluding carboxylic acids is 3. The van der Waals surface area contributed by atoms with Crippen LogP contribution in [0.2, 0.25) is 0 Å². The highest BCUT2D eigenvalue weighted by Gasteiger charge is 2.33. The number of esters is 1. The summed E-state index contributed by atoms with van der Waals surface area (Å²) in [4.78, 5) is 40.8. The topological polar surface area (TPSA) is 63.7 Å². The van der Waals surface area contributed by atoms with Crippen LogP contribution in [0, 0.1) is 25.6 Å². The van der Waals surface area contributed by atoms with Gasteiger partial charge in [0.05, 0.1) is 5.92 Å². The average molecular weight is 474 g/mol. The maximum absolute atomic E-state index is 13.3. The van der Waals surface area contributed by atoms with Gasteiger partial charge in [0.15, 0.2) is 6.10 Å². The van der Waals surface area contributed by atoms with Gasteiger partial charge in [-0.1, -0.05) is 59.7 Å². The number of Topliss-reactive ketones (excluding diaryl/α,β-unsaturated/α-hetero) is 1. The van der Waals surface area contributed by atoms with Gasteiger partial charge < -0.3 is 9.64 Å². The first-order chi connectivity index (χ1) is 16.8.